The Labute approximate surface area is 184 Å². The predicted molar refractivity (Wildman–Crippen MR) is 120 cm³/mol. The number of amides is 3. The van der Waals surface area contributed by atoms with Crippen molar-refractivity contribution in [3.8, 4) is 0 Å². The minimum Gasteiger partial charge on any atom is -0.324 e. The number of piperidine rings is 1. The highest BCUT2D eigenvalue weighted by molar-refractivity contribution is 9.10. The van der Waals surface area contributed by atoms with E-state index in [4.69, 9.17) is 0 Å². The molecule has 2 aliphatic heterocycles. The molecule has 5 rings (SSSR count). The summed E-state index contributed by atoms with van der Waals surface area (Å²) in [6.07, 6.45) is 2.02. The summed E-state index contributed by atoms with van der Waals surface area (Å²) in [6.45, 7) is 2.61. The number of carbonyl (C=O) groups excluding carboxylic acids is 2. The summed E-state index contributed by atoms with van der Waals surface area (Å²) in [5, 5.41) is 6.01. The highest BCUT2D eigenvalue weighted by Crippen LogP contribution is 2.50. The molecule has 0 bridgehead atoms. The van der Waals surface area contributed by atoms with Gasteiger partial charge in [-0.2, -0.15) is 0 Å². The molecule has 0 aromatic heterocycles. The molecule has 2 fully saturated rings. The normalized spacial score (nSPS) is 24.7. The number of benzene rings is 2. The first kappa shape index (κ1) is 19.6. The molecule has 30 heavy (non-hydrogen) atoms. The van der Waals surface area contributed by atoms with Gasteiger partial charge >= 0.3 is 6.03 Å². The van der Waals surface area contributed by atoms with Crippen LogP contribution in [0.1, 0.15) is 17.5 Å². The molecular weight excluding hydrogens is 444 g/mol. The van der Waals surface area contributed by atoms with Crippen molar-refractivity contribution in [2.24, 2.45) is 11.8 Å². The summed E-state index contributed by atoms with van der Waals surface area (Å²) in [5.74, 6) is 0.626. The van der Waals surface area contributed by atoms with Crippen LogP contribution < -0.4 is 10.6 Å². The predicted octanol–water partition coefficient (Wildman–Crippen LogP) is 3.93. The third-order valence-electron chi connectivity index (χ3n) is 6.45. The molecule has 1 aliphatic carbocycles. The van der Waals surface area contributed by atoms with Gasteiger partial charge in [-0.25, -0.2) is 4.79 Å². The molecule has 1 saturated carbocycles. The van der Waals surface area contributed by atoms with E-state index >= 15 is 0 Å². The van der Waals surface area contributed by atoms with Crippen LogP contribution in [0.15, 0.2) is 46.9 Å². The van der Waals surface area contributed by atoms with E-state index in [0.29, 0.717) is 12.5 Å². The van der Waals surface area contributed by atoms with Crippen LogP contribution >= 0.6 is 15.9 Å². The lowest BCUT2D eigenvalue weighted by molar-refractivity contribution is -0.120. The first-order chi connectivity index (χ1) is 14.5. The smallest absolute Gasteiger partial charge is 0.322 e. The maximum Gasteiger partial charge on any atom is 0.322 e. The van der Waals surface area contributed by atoms with Gasteiger partial charge in [0, 0.05) is 35.5 Å². The molecule has 3 unspecified atom stereocenters. The van der Waals surface area contributed by atoms with E-state index in [1.807, 2.05) is 30.3 Å². The van der Waals surface area contributed by atoms with Gasteiger partial charge in [-0.1, -0.05) is 22.0 Å². The molecule has 7 heteroatoms. The van der Waals surface area contributed by atoms with Crippen molar-refractivity contribution < 1.29 is 9.59 Å². The van der Waals surface area contributed by atoms with Gasteiger partial charge in [-0.3, -0.25) is 4.79 Å². The van der Waals surface area contributed by atoms with Crippen LogP contribution in [0.4, 0.5) is 16.2 Å². The number of likely N-dealkylation sites (N-methyl/N-ethyl adjacent to an activating group) is 1. The van der Waals surface area contributed by atoms with E-state index in [1.165, 1.54) is 11.1 Å². The fourth-order valence-corrected chi connectivity index (χ4v) is 4.99. The molecular formula is C23H25BrN4O2. The van der Waals surface area contributed by atoms with Crippen LogP contribution in [0.5, 0.6) is 0 Å². The molecule has 6 nitrogen and oxygen atoms in total. The van der Waals surface area contributed by atoms with Gasteiger partial charge in [0.2, 0.25) is 5.91 Å². The summed E-state index contributed by atoms with van der Waals surface area (Å²) in [6, 6.07) is 13.0. The van der Waals surface area contributed by atoms with Gasteiger partial charge in [0.15, 0.2) is 0 Å². The first-order valence-corrected chi connectivity index (χ1v) is 11.2. The topological polar surface area (TPSA) is 64.7 Å². The number of nitrogens with zero attached hydrogens (tertiary/aromatic N) is 2. The molecule has 0 radical (unpaired) electrons. The Morgan fingerprint density at radius 2 is 1.80 bits per heavy atom. The van der Waals surface area contributed by atoms with Crippen LogP contribution in [-0.4, -0.2) is 47.9 Å². The van der Waals surface area contributed by atoms with Crippen LogP contribution in [-0.2, 0) is 17.8 Å². The monoisotopic (exact) mass is 468 g/mol. The largest absolute Gasteiger partial charge is 0.324 e. The Morgan fingerprint density at radius 3 is 2.60 bits per heavy atom. The summed E-state index contributed by atoms with van der Waals surface area (Å²) >= 11 is 3.40. The highest BCUT2D eigenvalue weighted by Gasteiger charge is 2.57. The van der Waals surface area contributed by atoms with Crippen molar-refractivity contribution >= 4 is 39.2 Å². The fourth-order valence-electron chi connectivity index (χ4n) is 4.73. The Hall–Kier alpha value is -2.38. The van der Waals surface area contributed by atoms with Crippen molar-refractivity contribution in [1.29, 1.82) is 0 Å². The first-order valence-electron chi connectivity index (χ1n) is 10.4. The molecule has 2 N–H and O–H groups in total. The number of hydrogen-bond donors (Lipinski definition) is 2. The molecule has 3 amide bonds. The third-order valence-corrected chi connectivity index (χ3v) is 6.98. The van der Waals surface area contributed by atoms with Crippen molar-refractivity contribution in [2.45, 2.75) is 25.4 Å². The van der Waals surface area contributed by atoms with Gasteiger partial charge in [0.1, 0.15) is 6.04 Å². The number of carbonyl (C=O) groups is 2. The van der Waals surface area contributed by atoms with Gasteiger partial charge in [0.05, 0.1) is 0 Å². The van der Waals surface area contributed by atoms with Gasteiger partial charge in [-0.05, 0) is 79.3 Å². The van der Waals surface area contributed by atoms with Gasteiger partial charge in [-0.15, -0.1) is 0 Å². The number of rotatable bonds is 3. The molecule has 3 atom stereocenters. The average molecular weight is 469 g/mol. The SMILES string of the molecule is CN1CCc2cc(NC(=O)C3C4CC4CN3C(=O)Nc3ccc(Br)cc3)ccc2C1. The fraction of sp³-hybridized carbons (Fsp3) is 0.391. The number of halogens is 1. The summed E-state index contributed by atoms with van der Waals surface area (Å²) in [4.78, 5) is 30.0. The van der Waals surface area contributed by atoms with Crippen molar-refractivity contribution in [1.82, 2.24) is 9.80 Å². The van der Waals surface area contributed by atoms with Crippen molar-refractivity contribution in [3.63, 3.8) is 0 Å². The summed E-state index contributed by atoms with van der Waals surface area (Å²) in [7, 11) is 2.12. The molecule has 2 aromatic carbocycles. The summed E-state index contributed by atoms with van der Waals surface area (Å²) < 4.78 is 0.955. The number of fused-ring (bicyclic) bond motifs is 2. The second kappa shape index (κ2) is 7.71. The molecule has 156 valence electrons. The lowest BCUT2D eigenvalue weighted by Gasteiger charge is -2.28. The average Bonchev–Trinajstić information content (AvgIpc) is 3.39. The van der Waals surface area contributed by atoms with Gasteiger partial charge in [0.25, 0.3) is 0 Å². The quantitative estimate of drug-likeness (QED) is 0.716. The Morgan fingerprint density at radius 1 is 1.03 bits per heavy atom. The van der Waals surface area contributed by atoms with Crippen LogP contribution in [0.2, 0.25) is 0 Å². The molecule has 2 heterocycles. The second-order valence-electron chi connectivity index (χ2n) is 8.65. The van der Waals surface area contributed by atoms with Crippen LogP contribution in [0.3, 0.4) is 0 Å². The zero-order valence-electron chi connectivity index (χ0n) is 16.9. The van der Waals surface area contributed by atoms with Crippen molar-refractivity contribution in [3.05, 3.63) is 58.1 Å². The lowest BCUT2D eigenvalue weighted by atomic mass is 9.99. The highest BCUT2D eigenvalue weighted by atomic mass is 79.9. The lowest BCUT2D eigenvalue weighted by Crippen LogP contribution is -2.47. The van der Waals surface area contributed by atoms with E-state index in [2.05, 4.69) is 50.6 Å². The van der Waals surface area contributed by atoms with Crippen LogP contribution in [0.25, 0.3) is 0 Å². The van der Waals surface area contributed by atoms with E-state index in [9.17, 15) is 9.59 Å². The zero-order valence-corrected chi connectivity index (χ0v) is 18.5. The standard InChI is InChI=1S/C23H25BrN4O2/c1-27-9-8-14-10-19(5-2-15(14)12-27)25-22(29)21-20-11-16(20)13-28(21)23(30)26-18-6-3-17(24)4-7-18/h2-7,10,16,20-21H,8-9,11-13H2,1H3,(H,25,29)(H,26,30). The Balaban J connectivity index is 1.28. The number of urea groups is 1. The van der Waals surface area contributed by atoms with E-state index in [0.717, 1.165) is 41.8 Å². The number of anilines is 2. The number of hydrogen-bond acceptors (Lipinski definition) is 3. The third kappa shape index (κ3) is 3.84. The molecule has 2 aromatic rings. The number of likely N-dealkylation sites (tertiary alicyclic amines) is 1. The Kier molecular flexibility index (Phi) is 5.03. The summed E-state index contributed by atoms with van der Waals surface area (Å²) in [5.41, 5.74) is 4.16. The molecule has 0 spiro atoms. The zero-order chi connectivity index (χ0) is 20.8. The maximum atomic E-state index is 13.1. The molecule has 3 aliphatic rings. The maximum absolute atomic E-state index is 13.1. The van der Waals surface area contributed by atoms with Gasteiger partial charge < -0.3 is 20.4 Å². The second-order valence-corrected chi connectivity index (χ2v) is 9.57. The molecule has 1 saturated heterocycles. The van der Waals surface area contributed by atoms with Crippen LogP contribution in [0, 0.1) is 11.8 Å². The minimum atomic E-state index is -0.410. The van der Waals surface area contributed by atoms with E-state index in [1.54, 1.807) is 4.90 Å². The minimum absolute atomic E-state index is 0.0844. The van der Waals surface area contributed by atoms with Crippen molar-refractivity contribution in [2.75, 3.05) is 30.8 Å². The van der Waals surface area contributed by atoms with E-state index in [-0.39, 0.29) is 17.9 Å². The number of nitrogens with one attached hydrogen (secondary N) is 2. The Bertz CT molecular complexity index is 993. The van der Waals surface area contributed by atoms with E-state index < -0.39 is 6.04 Å².